The van der Waals surface area contributed by atoms with Gasteiger partial charge in [-0.25, -0.2) is 9.97 Å². The van der Waals surface area contributed by atoms with Gasteiger partial charge in [0, 0.05) is 22.3 Å². The van der Waals surface area contributed by atoms with Crippen molar-refractivity contribution in [1.82, 2.24) is 25.1 Å². The number of nitrogens with zero attached hydrogens (tertiary/aromatic N) is 3. The number of nitrogens with one attached hydrogen (secondary N) is 2. The van der Waals surface area contributed by atoms with Crippen LogP contribution in [-0.4, -0.2) is 25.1 Å². The Hall–Kier alpha value is -3.06. The van der Waals surface area contributed by atoms with E-state index < -0.39 is 0 Å². The van der Waals surface area contributed by atoms with Crippen molar-refractivity contribution in [3.05, 3.63) is 63.7 Å². The lowest BCUT2D eigenvalue weighted by Gasteiger charge is -2.09. The average Bonchev–Trinajstić information content (AvgIpc) is 3.23. The number of pyridine rings is 1. The smallest absolute Gasteiger partial charge is 0.260 e. The van der Waals surface area contributed by atoms with Gasteiger partial charge < -0.3 is 4.98 Å². The quantitative estimate of drug-likeness (QED) is 0.450. The summed E-state index contributed by atoms with van der Waals surface area (Å²) in [5.41, 5.74) is 4.15. The Labute approximate surface area is 178 Å². The van der Waals surface area contributed by atoms with Crippen LogP contribution in [0.15, 0.2) is 47.7 Å². The molecule has 1 aromatic carbocycles. The summed E-state index contributed by atoms with van der Waals surface area (Å²) < 4.78 is 0. The summed E-state index contributed by atoms with van der Waals surface area (Å²) in [6.07, 6.45) is 9.36. The molecule has 4 aromatic rings. The molecule has 1 saturated carbocycles. The first-order chi connectivity index (χ1) is 14.7. The second-order valence-electron chi connectivity index (χ2n) is 7.80. The Balaban J connectivity index is 1.55. The fourth-order valence-electron chi connectivity index (χ4n) is 3.67. The Kier molecular flexibility index (Phi) is 5.04. The third-order valence-corrected chi connectivity index (χ3v) is 6.80. The van der Waals surface area contributed by atoms with Gasteiger partial charge in [0.1, 0.15) is 11.3 Å². The zero-order valence-corrected chi connectivity index (χ0v) is 17.6. The molecule has 0 aliphatic heterocycles. The lowest BCUT2D eigenvalue weighted by molar-refractivity contribution is 0.727. The molecule has 0 bridgehead atoms. The van der Waals surface area contributed by atoms with Crippen LogP contribution in [0.5, 0.6) is 0 Å². The number of H-pyrrole nitrogens is 2. The SMILES string of the molecule is CCc1cnc(-c2cc(-c3ccc(CCC4CC4)cc3)[nH]c(=O)c2-c2ncn[nH]2)s1. The van der Waals surface area contributed by atoms with Crippen LogP contribution in [0.2, 0.25) is 0 Å². The van der Waals surface area contributed by atoms with Crippen LogP contribution in [-0.2, 0) is 12.8 Å². The number of hydrogen-bond donors (Lipinski definition) is 2. The van der Waals surface area contributed by atoms with Crippen molar-refractivity contribution in [3.8, 4) is 33.2 Å². The molecule has 0 saturated heterocycles. The van der Waals surface area contributed by atoms with Crippen molar-refractivity contribution in [2.45, 2.75) is 39.0 Å². The number of aryl methyl sites for hydroxylation is 2. The van der Waals surface area contributed by atoms with E-state index in [1.807, 2.05) is 12.3 Å². The molecule has 0 spiro atoms. The molecule has 7 heteroatoms. The summed E-state index contributed by atoms with van der Waals surface area (Å²) in [7, 11) is 0. The molecule has 3 aromatic heterocycles. The van der Waals surface area contributed by atoms with Crippen LogP contribution in [0, 0.1) is 5.92 Å². The van der Waals surface area contributed by atoms with E-state index in [2.05, 4.69) is 56.3 Å². The van der Waals surface area contributed by atoms with E-state index in [0.717, 1.165) is 40.6 Å². The molecule has 6 nitrogen and oxygen atoms in total. The van der Waals surface area contributed by atoms with Gasteiger partial charge in [-0.15, -0.1) is 11.3 Å². The second-order valence-corrected chi connectivity index (χ2v) is 8.91. The summed E-state index contributed by atoms with van der Waals surface area (Å²) in [6.45, 7) is 2.10. The van der Waals surface area contributed by atoms with E-state index in [4.69, 9.17) is 0 Å². The van der Waals surface area contributed by atoms with E-state index >= 15 is 0 Å². The van der Waals surface area contributed by atoms with Gasteiger partial charge in [0.2, 0.25) is 0 Å². The van der Waals surface area contributed by atoms with Gasteiger partial charge in [0.15, 0.2) is 5.82 Å². The number of aromatic amines is 2. The Morgan fingerprint density at radius 1 is 1.17 bits per heavy atom. The Bertz CT molecular complexity index is 1200. The predicted octanol–water partition coefficient (Wildman–Crippen LogP) is 4.86. The van der Waals surface area contributed by atoms with Crippen molar-refractivity contribution < 1.29 is 0 Å². The zero-order valence-electron chi connectivity index (χ0n) is 16.8. The second kappa shape index (κ2) is 7.99. The summed E-state index contributed by atoms with van der Waals surface area (Å²) in [6, 6.07) is 10.5. The molecule has 1 fully saturated rings. The molecule has 0 radical (unpaired) electrons. The molecule has 2 N–H and O–H groups in total. The molecule has 0 amide bonds. The minimum atomic E-state index is -0.203. The highest BCUT2D eigenvalue weighted by atomic mass is 32.1. The third kappa shape index (κ3) is 3.85. The van der Waals surface area contributed by atoms with Crippen LogP contribution in [0.4, 0.5) is 0 Å². The summed E-state index contributed by atoms with van der Waals surface area (Å²) in [4.78, 5) is 26.0. The van der Waals surface area contributed by atoms with E-state index in [-0.39, 0.29) is 5.56 Å². The standard InChI is InChI=1S/C23H23N5OS/c1-2-17-12-24-23(30-17)18-11-19(27-22(29)20(18)21-25-13-26-28-21)16-9-7-15(8-10-16)6-5-14-3-4-14/h7-14H,2-6H2,1H3,(H,27,29)(H,25,26,28). The minimum Gasteiger partial charge on any atom is -0.321 e. The van der Waals surface area contributed by atoms with Crippen molar-refractivity contribution in [3.63, 3.8) is 0 Å². The van der Waals surface area contributed by atoms with Crippen LogP contribution < -0.4 is 5.56 Å². The van der Waals surface area contributed by atoms with Crippen LogP contribution >= 0.6 is 11.3 Å². The molecular formula is C23H23N5OS. The molecule has 3 heterocycles. The summed E-state index contributed by atoms with van der Waals surface area (Å²) in [5.74, 6) is 1.38. The van der Waals surface area contributed by atoms with Gasteiger partial charge in [-0.2, -0.15) is 5.10 Å². The lowest BCUT2D eigenvalue weighted by Crippen LogP contribution is -2.12. The average molecular weight is 418 g/mol. The highest BCUT2D eigenvalue weighted by Gasteiger charge is 2.21. The third-order valence-electron chi connectivity index (χ3n) is 5.62. The van der Waals surface area contributed by atoms with Crippen LogP contribution in [0.3, 0.4) is 0 Å². The van der Waals surface area contributed by atoms with Crippen molar-refractivity contribution in [2.24, 2.45) is 5.92 Å². The number of aromatic nitrogens is 5. The zero-order chi connectivity index (χ0) is 20.5. The first kappa shape index (κ1) is 18.9. The maximum Gasteiger partial charge on any atom is 0.260 e. The first-order valence-electron chi connectivity index (χ1n) is 10.4. The summed E-state index contributed by atoms with van der Waals surface area (Å²) in [5, 5.41) is 7.54. The van der Waals surface area contributed by atoms with Crippen LogP contribution in [0.1, 0.15) is 36.6 Å². The van der Waals surface area contributed by atoms with Gasteiger partial charge >= 0.3 is 0 Å². The molecule has 1 aliphatic carbocycles. The topological polar surface area (TPSA) is 87.3 Å². The van der Waals surface area contributed by atoms with E-state index in [0.29, 0.717) is 11.4 Å². The monoisotopic (exact) mass is 417 g/mol. The normalized spacial score (nSPS) is 13.6. The minimum absolute atomic E-state index is 0.203. The largest absolute Gasteiger partial charge is 0.321 e. The highest BCUT2D eigenvalue weighted by Crippen LogP contribution is 2.35. The molecule has 152 valence electrons. The molecular weight excluding hydrogens is 394 g/mol. The lowest BCUT2D eigenvalue weighted by atomic mass is 10.0. The molecule has 0 unspecified atom stereocenters. The molecule has 1 aliphatic rings. The first-order valence-corrected chi connectivity index (χ1v) is 11.2. The van der Waals surface area contributed by atoms with Gasteiger partial charge in [0.25, 0.3) is 5.56 Å². The Morgan fingerprint density at radius 3 is 2.67 bits per heavy atom. The van der Waals surface area contributed by atoms with Crippen molar-refractivity contribution in [1.29, 1.82) is 0 Å². The molecule has 5 rings (SSSR count). The summed E-state index contributed by atoms with van der Waals surface area (Å²) >= 11 is 1.60. The van der Waals surface area contributed by atoms with Gasteiger partial charge in [-0.1, -0.05) is 44.0 Å². The number of thiazole rings is 1. The Morgan fingerprint density at radius 2 is 2.00 bits per heavy atom. The maximum atomic E-state index is 13.1. The number of hydrogen-bond acceptors (Lipinski definition) is 5. The molecule has 0 atom stereocenters. The fraction of sp³-hybridized carbons (Fsp3) is 0.304. The van der Waals surface area contributed by atoms with E-state index in [1.54, 1.807) is 11.3 Å². The van der Waals surface area contributed by atoms with Crippen molar-refractivity contribution >= 4 is 11.3 Å². The number of benzene rings is 1. The van der Waals surface area contributed by atoms with Gasteiger partial charge in [-0.3, -0.25) is 9.89 Å². The maximum absolute atomic E-state index is 13.1. The van der Waals surface area contributed by atoms with Crippen molar-refractivity contribution in [2.75, 3.05) is 0 Å². The van der Waals surface area contributed by atoms with Gasteiger partial charge in [-0.05, 0) is 42.4 Å². The number of rotatable bonds is 7. The molecule has 30 heavy (non-hydrogen) atoms. The van der Waals surface area contributed by atoms with E-state index in [9.17, 15) is 4.79 Å². The highest BCUT2D eigenvalue weighted by molar-refractivity contribution is 7.15. The van der Waals surface area contributed by atoms with E-state index in [1.165, 1.54) is 36.0 Å². The van der Waals surface area contributed by atoms with Gasteiger partial charge in [0.05, 0.1) is 5.56 Å². The predicted molar refractivity (Wildman–Crippen MR) is 119 cm³/mol. The van der Waals surface area contributed by atoms with Crippen LogP contribution in [0.25, 0.3) is 33.2 Å². The fourth-order valence-corrected chi connectivity index (χ4v) is 4.54.